The molecule has 3 atom stereocenters. The average Bonchev–Trinajstić information content (AvgIpc) is 3.64. The predicted octanol–water partition coefficient (Wildman–Crippen LogP) is -1.45. The fourth-order valence-electron chi connectivity index (χ4n) is 6.70. The van der Waals surface area contributed by atoms with Crippen LogP contribution in [0.4, 0.5) is 0 Å². The van der Waals surface area contributed by atoms with Gasteiger partial charge in [-0.15, -0.1) is 0 Å². The Hall–Kier alpha value is -4.77. The lowest BCUT2D eigenvalue weighted by Gasteiger charge is -2.22. The fourth-order valence-corrected chi connectivity index (χ4v) is 6.70. The SMILES string of the molecule is CC1(C)OB(O)c2cc(C(=O)NC3CN(C(=O)CCC(=O)N[C@@H](CCC(=O)O)C(=O)O)CC3NC(=O)c3ccc4c(c3)B(O)OC4(C)C)ccc21. The molecule has 270 valence electrons. The molecule has 0 aromatic heterocycles. The molecular formula is C33H40B2N4O12. The van der Waals surface area contributed by atoms with Gasteiger partial charge in [-0.25, -0.2) is 4.79 Å². The van der Waals surface area contributed by atoms with Crippen molar-refractivity contribution < 1.29 is 58.3 Å². The second-order valence-corrected chi connectivity index (χ2v) is 13.9. The van der Waals surface area contributed by atoms with Gasteiger partial charge in [-0.3, -0.25) is 24.0 Å². The van der Waals surface area contributed by atoms with Crippen LogP contribution in [0.15, 0.2) is 36.4 Å². The van der Waals surface area contributed by atoms with Gasteiger partial charge in [-0.05, 0) is 80.4 Å². The second kappa shape index (κ2) is 14.5. The number of likely N-dealkylation sites (tertiary alicyclic amines) is 1. The predicted molar refractivity (Wildman–Crippen MR) is 181 cm³/mol. The number of carbonyl (C=O) groups is 6. The molecule has 16 nitrogen and oxygen atoms in total. The van der Waals surface area contributed by atoms with Crippen LogP contribution in [0.3, 0.4) is 0 Å². The molecule has 1 saturated heterocycles. The van der Waals surface area contributed by atoms with E-state index in [-0.39, 0.29) is 43.5 Å². The number of amides is 4. The van der Waals surface area contributed by atoms with Crippen molar-refractivity contribution in [3.05, 3.63) is 58.7 Å². The minimum Gasteiger partial charge on any atom is -0.481 e. The summed E-state index contributed by atoms with van der Waals surface area (Å²) < 4.78 is 11.2. The number of hydrogen-bond donors (Lipinski definition) is 7. The minimum absolute atomic E-state index is 0.0395. The molecule has 0 bridgehead atoms. The molecule has 3 aliphatic heterocycles. The third kappa shape index (κ3) is 8.25. The van der Waals surface area contributed by atoms with E-state index < -0.39 is 85.6 Å². The van der Waals surface area contributed by atoms with Crippen molar-refractivity contribution in [2.45, 2.75) is 82.7 Å². The molecule has 1 fully saturated rings. The molecule has 3 heterocycles. The van der Waals surface area contributed by atoms with Gasteiger partial charge in [-0.2, -0.15) is 0 Å². The highest BCUT2D eigenvalue weighted by Crippen LogP contribution is 2.31. The first kappa shape index (κ1) is 37.5. The zero-order valence-corrected chi connectivity index (χ0v) is 28.6. The molecule has 0 aliphatic carbocycles. The molecule has 0 saturated carbocycles. The summed E-state index contributed by atoms with van der Waals surface area (Å²) in [7, 11) is -2.45. The van der Waals surface area contributed by atoms with Crippen LogP contribution in [-0.4, -0.2) is 106 Å². The summed E-state index contributed by atoms with van der Waals surface area (Å²) in [5, 5.41) is 47.0. The molecule has 0 spiro atoms. The highest BCUT2D eigenvalue weighted by molar-refractivity contribution is 6.62. The van der Waals surface area contributed by atoms with Crippen LogP contribution in [0.2, 0.25) is 0 Å². The van der Waals surface area contributed by atoms with Crippen molar-refractivity contribution in [2.24, 2.45) is 0 Å². The van der Waals surface area contributed by atoms with Crippen LogP contribution in [-0.2, 0) is 39.7 Å². The van der Waals surface area contributed by atoms with E-state index in [0.717, 1.165) is 11.1 Å². The quantitative estimate of drug-likeness (QED) is 0.126. The van der Waals surface area contributed by atoms with Crippen molar-refractivity contribution in [3.63, 3.8) is 0 Å². The normalized spacial score (nSPS) is 20.3. The number of rotatable bonds is 12. The van der Waals surface area contributed by atoms with Crippen LogP contribution in [0, 0.1) is 0 Å². The standard InChI is InChI=1S/C33H40B2N4O12/c1-32(2)19-7-5-17(13-21(19)34(48)50-32)29(44)37-24-15-39(27(41)11-10-26(40)36-23(31(46)47)9-12-28(42)43)16-25(24)38-30(45)18-6-8-20-22(14-18)35(49)51-33(20,3)4/h5-8,13-14,23-25,48-49H,9-12,15-16H2,1-4H3,(H,36,40)(H,37,44)(H,38,45)(H,42,43)(H,46,47)/t23-,24?,25?/m0/s1. The highest BCUT2D eigenvalue weighted by atomic mass is 16.5. The zero-order valence-electron chi connectivity index (χ0n) is 28.6. The van der Waals surface area contributed by atoms with E-state index >= 15 is 0 Å². The number of nitrogens with one attached hydrogen (secondary N) is 3. The molecule has 0 radical (unpaired) electrons. The second-order valence-electron chi connectivity index (χ2n) is 13.9. The Balaban J connectivity index is 1.30. The Morgan fingerprint density at radius 3 is 1.69 bits per heavy atom. The molecule has 2 unspecified atom stereocenters. The van der Waals surface area contributed by atoms with Crippen LogP contribution in [0.5, 0.6) is 0 Å². The summed E-state index contributed by atoms with van der Waals surface area (Å²) in [5.41, 5.74) is 1.25. The first-order valence-electron chi connectivity index (χ1n) is 16.5. The van der Waals surface area contributed by atoms with E-state index in [1.54, 1.807) is 52.0 Å². The lowest BCUT2D eigenvalue weighted by molar-refractivity contribution is -0.143. The Morgan fingerprint density at radius 2 is 1.25 bits per heavy atom. The summed E-state index contributed by atoms with van der Waals surface area (Å²) in [4.78, 5) is 76.5. The minimum atomic E-state index is -1.44. The van der Waals surface area contributed by atoms with Crippen LogP contribution in [0.1, 0.15) is 85.2 Å². The third-order valence-electron chi connectivity index (χ3n) is 9.42. The van der Waals surface area contributed by atoms with E-state index in [1.807, 2.05) is 0 Å². The molecule has 3 aliphatic rings. The number of nitrogens with zero attached hydrogens (tertiary/aromatic N) is 1. The maximum atomic E-state index is 13.5. The monoisotopic (exact) mass is 706 g/mol. The van der Waals surface area contributed by atoms with Gasteiger partial charge in [-0.1, -0.05) is 12.1 Å². The summed E-state index contributed by atoms with van der Waals surface area (Å²) in [6.07, 6.45) is -1.51. The Morgan fingerprint density at radius 1 is 0.784 bits per heavy atom. The summed E-state index contributed by atoms with van der Waals surface area (Å²) >= 11 is 0. The summed E-state index contributed by atoms with van der Waals surface area (Å²) in [6.45, 7) is 7.10. The lowest BCUT2D eigenvalue weighted by Crippen LogP contribution is -2.51. The molecule has 7 N–H and O–H groups in total. The Bertz CT molecular complexity index is 1680. The molecule has 51 heavy (non-hydrogen) atoms. The molecular weight excluding hydrogens is 666 g/mol. The number of fused-ring (bicyclic) bond motifs is 2. The highest BCUT2D eigenvalue weighted by Gasteiger charge is 2.43. The van der Waals surface area contributed by atoms with Gasteiger partial charge in [0, 0.05) is 43.5 Å². The van der Waals surface area contributed by atoms with Gasteiger partial charge in [0.2, 0.25) is 11.8 Å². The van der Waals surface area contributed by atoms with Crippen LogP contribution in [0.25, 0.3) is 0 Å². The van der Waals surface area contributed by atoms with Crippen molar-refractivity contribution in [1.82, 2.24) is 20.9 Å². The largest absolute Gasteiger partial charge is 0.492 e. The van der Waals surface area contributed by atoms with E-state index in [9.17, 15) is 43.9 Å². The third-order valence-corrected chi connectivity index (χ3v) is 9.42. The van der Waals surface area contributed by atoms with E-state index in [2.05, 4.69) is 16.0 Å². The first-order valence-corrected chi connectivity index (χ1v) is 16.5. The van der Waals surface area contributed by atoms with Gasteiger partial charge in [0.25, 0.3) is 11.8 Å². The van der Waals surface area contributed by atoms with Gasteiger partial charge in [0.05, 0.1) is 23.3 Å². The van der Waals surface area contributed by atoms with E-state index in [1.165, 1.54) is 17.0 Å². The van der Waals surface area contributed by atoms with Crippen molar-refractivity contribution >= 4 is 60.7 Å². The first-order chi connectivity index (χ1) is 23.9. The fraction of sp³-hybridized carbons (Fsp3) is 0.455. The van der Waals surface area contributed by atoms with E-state index in [0.29, 0.717) is 10.9 Å². The topological polar surface area (TPSA) is 241 Å². The number of carboxylic acid groups (broad SMARTS) is 2. The van der Waals surface area contributed by atoms with Gasteiger partial charge in [0.1, 0.15) is 6.04 Å². The number of carbonyl (C=O) groups excluding carboxylic acids is 4. The average molecular weight is 706 g/mol. The van der Waals surface area contributed by atoms with Crippen LogP contribution < -0.4 is 26.9 Å². The van der Waals surface area contributed by atoms with Gasteiger partial charge in [0.15, 0.2) is 0 Å². The molecule has 4 amide bonds. The van der Waals surface area contributed by atoms with Crippen molar-refractivity contribution in [2.75, 3.05) is 13.1 Å². The van der Waals surface area contributed by atoms with Gasteiger partial charge >= 0.3 is 26.2 Å². The summed E-state index contributed by atoms with van der Waals surface area (Å²) in [6, 6.07) is 6.58. The lowest BCUT2D eigenvalue weighted by atomic mass is 9.77. The van der Waals surface area contributed by atoms with Crippen molar-refractivity contribution in [1.29, 1.82) is 0 Å². The van der Waals surface area contributed by atoms with Crippen molar-refractivity contribution in [3.8, 4) is 0 Å². The van der Waals surface area contributed by atoms with E-state index in [4.69, 9.17) is 14.4 Å². The number of carboxylic acids is 2. The zero-order chi connectivity index (χ0) is 37.4. The molecule has 5 rings (SSSR count). The van der Waals surface area contributed by atoms with Gasteiger partial charge < -0.3 is 50.4 Å². The molecule has 2 aromatic rings. The summed E-state index contributed by atoms with van der Waals surface area (Å²) in [5.74, 6) is -4.95. The Labute approximate surface area is 294 Å². The number of hydrogen-bond acceptors (Lipinski definition) is 10. The number of benzene rings is 2. The number of aliphatic carboxylic acids is 2. The van der Waals surface area contributed by atoms with Crippen LogP contribution >= 0.6 is 0 Å². The molecule has 2 aromatic carbocycles. The Kier molecular flexibility index (Phi) is 10.6. The maximum Gasteiger partial charge on any atom is 0.492 e. The smallest absolute Gasteiger partial charge is 0.481 e. The maximum absolute atomic E-state index is 13.5. The molecule has 18 heteroatoms.